The molecule has 198 valence electrons. The third-order valence-corrected chi connectivity index (χ3v) is 7.20. The molecular formula is C29H24F3N5S2. The number of halogens is 3. The van der Waals surface area contributed by atoms with E-state index in [1.807, 2.05) is 54.0 Å². The largest absolute Gasteiger partial charge is 0.446 e. The van der Waals surface area contributed by atoms with Crippen LogP contribution in [0, 0.1) is 6.92 Å². The van der Waals surface area contributed by atoms with Gasteiger partial charge in [-0.05, 0) is 95.8 Å². The molecule has 2 N–H and O–H groups in total. The van der Waals surface area contributed by atoms with Crippen LogP contribution < -0.4 is 10.7 Å². The molecule has 0 aliphatic heterocycles. The van der Waals surface area contributed by atoms with Gasteiger partial charge in [0.15, 0.2) is 5.11 Å². The number of nitrogens with zero attached hydrogens (tertiary/aromatic N) is 3. The fourth-order valence-corrected chi connectivity index (χ4v) is 5.13. The Kier molecular flexibility index (Phi) is 7.58. The molecular weight excluding hydrogens is 539 g/mol. The first-order valence-corrected chi connectivity index (χ1v) is 13.4. The van der Waals surface area contributed by atoms with E-state index in [-0.39, 0.29) is 16.7 Å². The lowest BCUT2D eigenvalue weighted by molar-refractivity contribution is -0.0328. The predicted octanol–water partition coefficient (Wildman–Crippen LogP) is 7.98. The van der Waals surface area contributed by atoms with Gasteiger partial charge in [0, 0.05) is 21.7 Å². The first kappa shape index (κ1) is 26.7. The fraction of sp³-hybridized carbons (Fsp3) is 0.138. The van der Waals surface area contributed by atoms with E-state index in [9.17, 15) is 13.2 Å². The van der Waals surface area contributed by atoms with Gasteiger partial charge in [-0.3, -0.25) is 9.99 Å². The number of aryl methyl sites for hydroxylation is 2. The van der Waals surface area contributed by atoms with Crippen LogP contribution in [0.15, 0.2) is 89.1 Å². The maximum absolute atomic E-state index is 12.7. The summed E-state index contributed by atoms with van der Waals surface area (Å²) in [5.41, 5.74) is 5.16. The molecule has 0 unspecified atom stereocenters. The molecule has 0 saturated carbocycles. The summed E-state index contributed by atoms with van der Waals surface area (Å²) in [6.45, 7) is 4.14. The molecule has 5 aromatic rings. The van der Waals surface area contributed by atoms with Crippen molar-refractivity contribution in [2.75, 3.05) is 5.32 Å². The molecule has 10 heteroatoms. The van der Waals surface area contributed by atoms with Crippen molar-refractivity contribution in [3.05, 3.63) is 95.8 Å². The number of alkyl halides is 3. The van der Waals surface area contributed by atoms with Gasteiger partial charge in [-0.25, -0.2) is 4.98 Å². The maximum atomic E-state index is 12.7. The summed E-state index contributed by atoms with van der Waals surface area (Å²) in [6.07, 6.45) is 4.28. The molecule has 0 bridgehead atoms. The van der Waals surface area contributed by atoms with Gasteiger partial charge >= 0.3 is 5.51 Å². The van der Waals surface area contributed by atoms with E-state index in [0.717, 1.165) is 50.7 Å². The van der Waals surface area contributed by atoms with Crippen molar-refractivity contribution in [2.45, 2.75) is 30.7 Å². The fourth-order valence-electron chi connectivity index (χ4n) is 4.43. The Morgan fingerprint density at radius 3 is 2.62 bits per heavy atom. The molecule has 0 spiro atoms. The number of imidazole rings is 1. The van der Waals surface area contributed by atoms with Crippen LogP contribution in [-0.2, 0) is 6.42 Å². The third kappa shape index (κ3) is 6.07. The highest BCUT2D eigenvalue weighted by atomic mass is 32.2. The SMILES string of the molecule is CCc1cccc(C)c1NC(=S)N/N=C/c1ccc2c(ccc3c2ncn3-c2ccc(SC(F)(F)F)cc2)c1. The summed E-state index contributed by atoms with van der Waals surface area (Å²) in [5.74, 6) is 0. The molecule has 0 aliphatic carbocycles. The zero-order valence-electron chi connectivity index (χ0n) is 21.1. The first-order chi connectivity index (χ1) is 18.7. The van der Waals surface area contributed by atoms with E-state index in [1.165, 1.54) is 17.7 Å². The van der Waals surface area contributed by atoms with Gasteiger partial charge in [-0.1, -0.05) is 43.3 Å². The third-order valence-electron chi connectivity index (χ3n) is 6.26. The van der Waals surface area contributed by atoms with Gasteiger partial charge in [0.25, 0.3) is 0 Å². The average molecular weight is 564 g/mol. The monoisotopic (exact) mass is 563 g/mol. The van der Waals surface area contributed by atoms with Crippen molar-refractivity contribution in [3.8, 4) is 5.69 Å². The van der Waals surface area contributed by atoms with Crippen LogP contribution in [0.1, 0.15) is 23.6 Å². The van der Waals surface area contributed by atoms with Crippen molar-refractivity contribution < 1.29 is 13.2 Å². The molecule has 39 heavy (non-hydrogen) atoms. The second-order valence-electron chi connectivity index (χ2n) is 8.86. The number of para-hydroxylation sites is 1. The highest BCUT2D eigenvalue weighted by molar-refractivity contribution is 8.00. The minimum absolute atomic E-state index is 0.128. The molecule has 0 saturated heterocycles. The summed E-state index contributed by atoms with van der Waals surface area (Å²) in [6, 6.07) is 22.3. The minimum atomic E-state index is -4.31. The summed E-state index contributed by atoms with van der Waals surface area (Å²) < 4.78 is 39.8. The molecule has 0 aliphatic rings. The second-order valence-corrected chi connectivity index (χ2v) is 10.4. The zero-order chi connectivity index (χ0) is 27.6. The lowest BCUT2D eigenvalue weighted by atomic mass is 10.1. The topological polar surface area (TPSA) is 54.2 Å². The van der Waals surface area contributed by atoms with Crippen LogP contribution in [0.2, 0.25) is 0 Å². The Morgan fingerprint density at radius 1 is 1.08 bits per heavy atom. The number of rotatable bonds is 6. The van der Waals surface area contributed by atoms with Crippen molar-refractivity contribution >= 4 is 62.8 Å². The van der Waals surface area contributed by atoms with Crippen LogP contribution in [0.4, 0.5) is 18.9 Å². The number of thiocarbonyl (C=S) groups is 1. The summed E-state index contributed by atoms with van der Waals surface area (Å²) >= 11 is 5.30. The highest BCUT2D eigenvalue weighted by Crippen LogP contribution is 2.37. The lowest BCUT2D eigenvalue weighted by Crippen LogP contribution is -2.25. The molecule has 0 fully saturated rings. The normalized spacial score (nSPS) is 11.9. The average Bonchev–Trinajstić information content (AvgIpc) is 3.34. The Bertz CT molecular complexity index is 1690. The molecule has 0 amide bonds. The highest BCUT2D eigenvalue weighted by Gasteiger charge is 2.29. The van der Waals surface area contributed by atoms with Crippen molar-refractivity contribution in [1.29, 1.82) is 0 Å². The van der Waals surface area contributed by atoms with E-state index in [1.54, 1.807) is 24.7 Å². The second kappa shape index (κ2) is 11.1. The Labute approximate surface area is 233 Å². The summed E-state index contributed by atoms with van der Waals surface area (Å²) in [7, 11) is 0. The number of fused-ring (bicyclic) bond motifs is 3. The molecule has 1 heterocycles. The van der Waals surface area contributed by atoms with Gasteiger partial charge in [-0.2, -0.15) is 18.3 Å². The number of nitrogens with one attached hydrogen (secondary N) is 2. The van der Waals surface area contributed by atoms with Crippen LogP contribution in [0.5, 0.6) is 0 Å². The predicted molar refractivity (Wildman–Crippen MR) is 158 cm³/mol. The van der Waals surface area contributed by atoms with Gasteiger partial charge in [0.2, 0.25) is 0 Å². The van der Waals surface area contributed by atoms with Crippen LogP contribution >= 0.6 is 24.0 Å². The number of anilines is 1. The smallest absolute Gasteiger partial charge is 0.331 e. The van der Waals surface area contributed by atoms with Gasteiger partial charge in [0.1, 0.15) is 6.33 Å². The first-order valence-electron chi connectivity index (χ1n) is 12.2. The lowest BCUT2D eigenvalue weighted by Gasteiger charge is -2.14. The van der Waals surface area contributed by atoms with Crippen molar-refractivity contribution in [1.82, 2.24) is 15.0 Å². The molecule has 4 aromatic carbocycles. The van der Waals surface area contributed by atoms with Crippen molar-refractivity contribution in [2.24, 2.45) is 5.10 Å². The Balaban J connectivity index is 1.32. The van der Waals surface area contributed by atoms with Gasteiger partial charge in [0.05, 0.1) is 17.2 Å². The number of hydrogen-bond donors (Lipinski definition) is 2. The standard InChI is InChI=1S/C29H24F3N5S2/c1-3-20-6-4-5-18(2)26(20)35-28(38)36-34-16-19-7-13-24-21(15-19)8-14-25-27(24)33-17-37(25)22-9-11-23(12-10-22)39-29(30,31)32/h4-17H,3H2,1-2H3,(H2,35,36,38)/b34-16+. The number of hydrazone groups is 1. The van der Waals surface area contributed by atoms with Crippen molar-refractivity contribution in [3.63, 3.8) is 0 Å². The molecule has 0 radical (unpaired) electrons. The molecule has 5 rings (SSSR count). The van der Waals surface area contributed by atoms with E-state index in [0.29, 0.717) is 5.11 Å². The maximum Gasteiger partial charge on any atom is 0.446 e. The van der Waals surface area contributed by atoms with E-state index in [4.69, 9.17) is 12.2 Å². The van der Waals surface area contributed by atoms with Crippen LogP contribution in [0.25, 0.3) is 27.5 Å². The molecule has 1 aromatic heterocycles. The summed E-state index contributed by atoms with van der Waals surface area (Å²) in [4.78, 5) is 4.73. The van der Waals surface area contributed by atoms with Gasteiger partial charge < -0.3 is 5.32 Å². The summed E-state index contributed by atoms with van der Waals surface area (Å²) in [5, 5.41) is 9.89. The van der Waals surface area contributed by atoms with Crippen LogP contribution in [0.3, 0.4) is 0 Å². The Morgan fingerprint density at radius 2 is 1.87 bits per heavy atom. The number of hydrogen-bond acceptors (Lipinski definition) is 4. The van der Waals surface area contributed by atoms with E-state index in [2.05, 4.69) is 33.8 Å². The van der Waals surface area contributed by atoms with Crippen LogP contribution in [-0.4, -0.2) is 26.4 Å². The molecule has 5 nitrogen and oxygen atoms in total. The Hall–Kier alpha value is -3.89. The number of thioether (sulfide) groups is 1. The minimum Gasteiger partial charge on any atom is -0.331 e. The quantitative estimate of drug-likeness (QED) is 0.0950. The number of benzene rings is 4. The number of aromatic nitrogens is 2. The van der Waals surface area contributed by atoms with Gasteiger partial charge in [-0.15, -0.1) is 0 Å². The molecule has 0 atom stereocenters. The van der Waals surface area contributed by atoms with E-state index < -0.39 is 5.51 Å². The van der Waals surface area contributed by atoms with E-state index >= 15 is 0 Å². The zero-order valence-corrected chi connectivity index (χ0v) is 22.7.